The number of nitrogens with one attached hydrogen (secondary N) is 2. The number of azide groups is 1. The standard InChI is InChI=1S/C30H26F4N6O4S/c31-20-8-6-18(7-9-20)28(19-12-21(32)14-22(33)13-19)29(38-40-35)30(42)37-27-16-36-15-26(34)25(27)11-10-23(17-41)39-45(43,44)24-4-2-1-3-5-24/h1-9,12-16,23,28-29,39,41H,10-11,17H2,(H,37,42)/t23-,28-,29-/m0/s1. The van der Waals surface area contributed by atoms with Gasteiger partial charge in [-0.3, -0.25) is 9.78 Å². The van der Waals surface area contributed by atoms with Crippen LogP contribution < -0.4 is 10.0 Å². The van der Waals surface area contributed by atoms with E-state index in [9.17, 15) is 37.0 Å². The lowest BCUT2D eigenvalue weighted by Crippen LogP contribution is -2.38. The summed E-state index contributed by atoms with van der Waals surface area (Å²) in [6.07, 6.45) is 1.69. The number of halogens is 4. The quantitative estimate of drug-likeness (QED) is 0.0775. The first-order chi connectivity index (χ1) is 21.5. The van der Waals surface area contributed by atoms with Crippen molar-refractivity contribution in [3.63, 3.8) is 0 Å². The molecule has 0 aliphatic carbocycles. The zero-order valence-electron chi connectivity index (χ0n) is 23.3. The molecule has 234 valence electrons. The molecule has 0 unspecified atom stereocenters. The monoisotopic (exact) mass is 642 g/mol. The van der Waals surface area contributed by atoms with Gasteiger partial charge in [-0.2, -0.15) is 0 Å². The fourth-order valence-corrected chi connectivity index (χ4v) is 6.01. The van der Waals surface area contributed by atoms with Crippen LogP contribution in [0.1, 0.15) is 29.0 Å². The Morgan fingerprint density at radius 3 is 2.22 bits per heavy atom. The van der Waals surface area contributed by atoms with Crippen molar-refractivity contribution in [3.8, 4) is 0 Å². The predicted octanol–water partition coefficient (Wildman–Crippen LogP) is 5.36. The Balaban J connectivity index is 1.62. The van der Waals surface area contributed by atoms with E-state index in [0.29, 0.717) is 6.07 Å². The highest BCUT2D eigenvalue weighted by atomic mass is 32.2. The SMILES string of the molecule is [N-]=[N+]=N[C@H](C(=O)Nc1cncc(F)c1CC[C@@H](CO)NS(=O)(=O)c1ccccc1)[C@@H](c1ccc(F)cc1)c1cc(F)cc(F)c1. The third-order valence-corrected chi connectivity index (χ3v) is 8.37. The Kier molecular flexibility index (Phi) is 10.9. The molecule has 0 fully saturated rings. The summed E-state index contributed by atoms with van der Waals surface area (Å²) in [5, 5.41) is 15.9. The summed E-state index contributed by atoms with van der Waals surface area (Å²) in [6, 6.07) is 11.8. The molecule has 1 heterocycles. The van der Waals surface area contributed by atoms with Gasteiger partial charge in [0.2, 0.25) is 15.9 Å². The molecule has 1 amide bonds. The summed E-state index contributed by atoms with van der Waals surface area (Å²) in [5.41, 5.74) is 9.13. The fourth-order valence-electron chi connectivity index (χ4n) is 4.73. The van der Waals surface area contributed by atoms with Crippen LogP contribution in [0.15, 0.2) is 95.2 Å². The number of benzene rings is 3. The fraction of sp³-hybridized carbons (Fsp3) is 0.200. The maximum absolute atomic E-state index is 15.0. The van der Waals surface area contributed by atoms with Crippen molar-refractivity contribution in [1.82, 2.24) is 9.71 Å². The van der Waals surface area contributed by atoms with Crippen LogP contribution in [0, 0.1) is 23.3 Å². The number of sulfonamides is 1. The summed E-state index contributed by atoms with van der Waals surface area (Å²) >= 11 is 0. The van der Waals surface area contributed by atoms with E-state index in [2.05, 4.69) is 25.0 Å². The molecule has 0 saturated carbocycles. The van der Waals surface area contributed by atoms with Gasteiger partial charge in [-0.05, 0) is 65.9 Å². The molecule has 45 heavy (non-hydrogen) atoms. The summed E-state index contributed by atoms with van der Waals surface area (Å²) in [5.74, 6) is -5.76. The number of rotatable bonds is 13. The molecule has 4 aromatic rings. The van der Waals surface area contributed by atoms with Crippen LogP contribution in [-0.2, 0) is 21.2 Å². The second-order valence-corrected chi connectivity index (χ2v) is 11.6. The molecule has 3 N–H and O–H groups in total. The molecule has 4 rings (SSSR count). The van der Waals surface area contributed by atoms with E-state index in [1.54, 1.807) is 6.07 Å². The molecular weight excluding hydrogens is 616 g/mol. The first kappa shape index (κ1) is 33.1. The number of aliphatic hydroxyl groups excluding tert-OH is 1. The van der Waals surface area contributed by atoms with Crippen LogP contribution in [0.25, 0.3) is 10.4 Å². The molecule has 3 atom stereocenters. The Labute approximate surface area is 255 Å². The second-order valence-electron chi connectivity index (χ2n) is 9.87. The van der Waals surface area contributed by atoms with Gasteiger partial charge in [0, 0.05) is 28.5 Å². The highest BCUT2D eigenvalue weighted by Crippen LogP contribution is 2.33. The molecule has 10 nitrogen and oxygen atoms in total. The number of carbonyl (C=O) groups excluding carboxylic acids is 1. The molecule has 0 spiro atoms. The van der Waals surface area contributed by atoms with Gasteiger partial charge in [-0.25, -0.2) is 30.7 Å². The maximum atomic E-state index is 15.0. The van der Waals surface area contributed by atoms with Gasteiger partial charge in [0.25, 0.3) is 0 Å². The van der Waals surface area contributed by atoms with Gasteiger partial charge < -0.3 is 10.4 Å². The van der Waals surface area contributed by atoms with Crippen LogP contribution in [-0.4, -0.2) is 43.1 Å². The molecule has 0 aliphatic rings. The molecule has 0 radical (unpaired) electrons. The van der Waals surface area contributed by atoms with Crippen LogP contribution in [0.2, 0.25) is 0 Å². The summed E-state index contributed by atoms with van der Waals surface area (Å²) in [4.78, 5) is 20.0. The smallest absolute Gasteiger partial charge is 0.240 e. The average Bonchev–Trinajstić information content (AvgIpc) is 3.00. The molecule has 0 aliphatic heterocycles. The zero-order chi connectivity index (χ0) is 32.6. The predicted molar refractivity (Wildman–Crippen MR) is 156 cm³/mol. The van der Waals surface area contributed by atoms with Crippen molar-refractivity contribution in [2.45, 2.75) is 35.7 Å². The van der Waals surface area contributed by atoms with Crippen LogP contribution in [0.4, 0.5) is 23.2 Å². The summed E-state index contributed by atoms with van der Waals surface area (Å²) in [7, 11) is -4.01. The van der Waals surface area contributed by atoms with Gasteiger partial charge in [0.15, 0.2) is 0 Å². The number of hydrogen-bond acceptors (Lipinski definition) is 6. The van der Waals surface area contributed by atoms with Crippen molar-refractivity contribution < 1.29 is 35.9 Å². The number of aromatic nitrogens is 1. The Morgan fingerprint density at radius 1 is 0.933 bits per heavy atom. The zero-order valence-corrected chi connectivity index (χ0v) is 24.1. The number of hydrogen-bond donors (Lipinski definition) is 3. The first-order valence-electron chi connectivity index (χ1n) is 13.4. The molecule has 15 heteroatoms. The Hall–Kier alpha value is -4.82. The minimum absolute atomic E-state index is 0.0375. The van der Waals surface area contributed by atoms with Gasteiger partial charge >= 0.3 is 0 Å². The highest BCUT2D eigenvalue weighted by molar-refractivity contribution is 7.89. The van der Waals surface area contributed by atoms with Gasteiger partial charge in [0.1, 0.15) is 29.3 Å². The van der Waals surface area contributed by atoms with E-state index in [4.69, 9.17) is 0 Å². The Morgan fingerprint density at radius 2 is 1.60 bits per heavy atom. The first-order valence-corrected chi connectivity index (χ1v) is 14.9. The largest absolute Gasteiger partial charge is 0.395 e. The molecular formula is C30H26F4N6O4S. The average molecular weight is 643 g/mol. The van der Waals surface area contributed by atoms with Crippen LogP contribution in [0.5, 0.6) is 0 Å². The number of aliphatic hydroxyl groups is 1. The number of nitrogens with zero attached hydrogens (tertiary/aromatic N) is 4. The van der Waals surface area contributed by atoms with Crippen molar-refractivity contribution in [2.24, 2.45) is 5.11 Å². The second kappa shape index (κ2) is 14.8. The molecule has 1 aromatic heterocycles. The lowest BCUT2D eigenvalue weighted by molar-refractivity contribution is -0.117. The van der Waals surface area contributed by atoms with Crippen molar-refractivity contribution in [3.05, 3.63) is 136 Å². The molecule has 3 aromatic carbocycles. The van der Waals surface area contributed by atoms with E-state index in [0.717, 1.165) is 36.7 Å². The van der Waals surface area contributed by atoms with E-state index < -0.39 is 63.8 Å². The number of anilines is 1. The summed E-state index contributed by atoms with van der Waals surface area (Å²) < 4.78 is 85.0. The normalized spacial score (nSPS) is 13.4. The van der Waals surface area contributed by atoms with Crippen molar-refractivity contribution in [2.75, 3.05) is 11.9 Å². The third kappa shape index (κ3) is 8.42. The van der Waals surface area contributed by atoms with Crippen LogP contribution in [0.3, 0.4) is 0 Å². The van der Waals surface area contributed by atoms with E-state index in [-0.39, 0.29) is 40.1 Å². The van der Waals surface area contributed by atoms with Gasteiger partial charge in [0.05, 0.1) is 29.6 Å². The Bertz CT molecular complexity index is 1790. The minimum Gasteiger partial charge on any atom is -0.395 e. The van der Waals surface area contributed by atoms with Crippen molar-refractivity contribution in [1.29, 1.82) is 0 Å². The highest BCUT2D eigenvalue weighted by Gasteiger charge is 2.32. The number of amides is 1. The van der Waals surface area contributed by atoms with Gasteiger partial charge in [-0.15, -0.1) is 0 Å². The molecule has 0 bridgehead atoms. The van der Waals surface area contributed by atoms with E-state index in [1.165, 1.54) is 36.4 Å². The lowest BCUT2D eigenvalue weighted by Gasteiger charge is -2.25. The van der Waals surface area contributed by atoms with E-state index in [1.807, 2.05) is 0 Å². The summed E-state index contributed by atoms with van der Waals surface area (Å²) in [6.45, 7) is -0.622. The minimum atomic E-state index is -4.01. The number of pyridine rings is 1. The van der Waals surface area contributed by atoms with Crippen LogP contribution >= 0.6 is 0 Å². The van der Waals surface area contributed by atoms with Crippen molar-refractivity contribution >= 4 is 21.6 Å². The molecule has 0 saturated heterocycles. The lowest BCUT2D eigenvalue weighted by atomic mass is 9.84. The van der Waals surface area contributed by atoms with Gasteiger partial charge in [-0.1, -0.05) is 35.4 Å². The topological polar surface area (TPSA) is 157 Å². The maximum Gasteiger partial charge on any atom is 0.240 e. The van der Waals surface area contributed by atoms with E-state index >= 15 is 4.39 Å². The third-order valence-electron chi connectivity index (χ3n) is 6.83. The number of carbonyl (C=O) groups is 1.